The van der Waals surface area contributed by atoms with Crippen LogP contribution in [0.15, 0.2) is 72.9 Å². The number of allylic oxidation sites excluding steroid dienone is 3. The number of piperidine rings is 1. The molecule has 0 amide bonds. The molecule has 128 valence electrons. The van der Waals surface area contributed by atoms with Crippen LogP contribution in [0, 0.1) is 0 Å². The molecule has 3 heteroatoms. The fourth-order valence-electron chi connectivity index (χ4n) is 2.96. The average molecular weight is 352 g/mol. The number of hydrogen-bond donors (Lipinski definition) is 0. The minimum Gasteiger partial charge on any atom is -0.377 e. The number of carbonyl (C=O) groups excluding carboxylic acids is 1. The van der Waals surface area contributed by atoms with E-state index in [-0.39, 0.29) is 5.78 Å². The number of likely N-dealkylation sites (tertiary alicyclic amines) is 1. The van der Waals surface area contributed by atoms with E-state index in [4.69, 9.17) is 11.6 Å². The second-order valence-corrected chi connectivity index (χ2v) is 6.69. The Labute approximate surface area is 154 Å². The van der Waals surface area contributed by atoms with Gasteiger partial charge in [0.05, 0.1) is 0 Å². The molecule has 0 N–H and O–H groups in total. The number of benzene rings is 2. The van der Waals surface area contributed by atoms with Gasteiger partial charge in [-0.25, -0.2) is 0 Å². The van der Waals surface area contributed by atoms with Crippen molar-refractivity contribution in [2.75, 3.05) is 13.1 Å². The van der Waals surface area contributed by atoms with Crippen LogP contribution in [0.1, 0.15) is 35.2 Å². The lowest BCUT2D eigenvalue weighted by molar-refractivity contribution is 0.104. The summed E-state index contributed by atoms with van der Waals surface area (Å²) >= 11 is 5.89. The van der Waals surface area contributed by atoms with Crippen LogP contribution in [0.2, 0.25) is 5.02 Å². The summed E-state index contributed by atoms with van der Waals surface area (Å²) in [7, 11) is 0. The van der Waals surface area contributed by atoms with Crippen LogP contribution in [0.3, 0.4) is 0 Å². The second-order valence-electron chi connectivity index (χ2n) is 6.25. The zero-order valence-electron chi connectivity index (χ0n) is 14.2. The molecule has 1 saturated heterocycles. The molecule has 0 unspecified atom stereocenters. The number of rotatable bonds is 5. The van der Waals surface area contributed by atoms with E-state index in [1.54, 1.807) is 30.3 Å². The van der Waals surface area contributed by atoms with Gasteiger partial charge in [-0.2, -0.15) is 0 Å². The Hall–Kier alpha value is -2.32. The molecule has 0 aliphatic carbocycles. The summed E-state index contributed by atoms with van der Waals surface area (Å²) in [5, 5.41) is 0.635. The number of ketones is 1. The van der Waals surface area contributed by atoms with Crippen molar-refractivity contribution >= 4 is 23.0 Å². The largest absolute Gasteiger partial charge is 0.377 e. The fourth-order valence-corrected chi connectivity index (χ4v) is 3.09. The molecule has 25 heavy (non-hydrogen) atoms. The van der Waals surface area contributed by atoms with Gasteiger partial charge in [0.1, 0.15) is 0 Å². The normalized spacial score (nSPS) is 15.6. The summed E-state index contributed by atoms with van der Waals surface area (Å²) in [6.07, 6.45) is 9.50. The van der Waals surface area contributed by atoms with Crippen LogP contribution in [0.5, 0.6) is 0 Å². The first-order valence-corrected chi connectivity index (χ1v) is 9.09. The molecule has 0 spiro atoms. The Balaban J connectivity index is 1.82. The summed E-state index contributed by atoms with van der Waals surface area (Å²) in [5.41, 5.74) is 2.82. The van der Waals surface area contributed by atoms with E-state index >= 15 is 0 Å². The zero-order chi connectivity index (χ0) is 17.5. The molecular weight excluding hydrogens is 330 g/mol. The third-order valence-electron chi connectivity index (χ3n) is 4.36. The highest BCUT2D eigenvalue weighted by Gasteiger charge is 2.08. The van der Waals surface area contributed by atoms with Gasteiger partial charge in [-0.3, -0.25) is 4.79 Å². The molecule has 0 aromatic heterocycles. The van der Waals surface area contributed by atoms with Crippen LogP contribution < -0.4 is 0 Å². The molecule has 1 aliphatic heterocycles. The van der Waals surface area contributed by atoms with E-state index in [9.17, 15) is 4.79 Å². The molecule has 1 aliphatic rings. The number of nitrogens with zero attached hydrogens (tertiary/aromatic N) is 1. The average Bonchev–Trinajstić information content (AvgIpc) is 2.67. The van der Waals surface area contributed by atoms with Gasteiger partial charge in [0.25, 0.3) is 0 Å². The van der Waals surface area contributed by atoms with Gasteiger partial charge in [0, 0.05) is 29.9 Å². The summed E-state index contributed by atoms with van der Waals surface area (Å²) in [4.78, 5) is 14.8. The topological polar surface area (TPSA) is 20.3 Å². The minimum absolute atomic E-state index is 0.0165. The molecular formula is C22H22ClNO. The highest BCUT2D eigenvalue weighted by atomic mass is 35.5. The van der Waals surface area contributed by atoms with Crippen molar-refractivity contribution in [2.45, 2.75) is 19.3 Å². The lowest BCUT2D eigenvalue weighted by Crippen LogP contribution is -2.24. The molecule has 3 rings (SSSR count). The predicted octanol–water partition coefficient (Wildman–Crippen LogP) is 5.61. The monoisotopic (exact) mass is 351 g/mol. The van der Waals surface area contributed by atoms with Crippen molar-refractivity contribution < 1.29 is 4.79 Å². The summed E-state index contributed by atoms with van der Waals surface area (Å²) < 4.78 is 0. The molecule has 1 fully saturated rings. The van der Waals surface area contributed by atoms with E-state index in [2.05, 4.69) is 23.2 Å². The third kappa shape index (κ3) is 5.07. The lowest BCUT2D eigenvalue weighted by Gasteiger charge is -2.26. The van der Waals surface area contributed by atoms with Crippen molar-refractivity contribution in [3.8, 4) is 0 Å². The maximum atomic E-state index is 12.4. The smallest absolute Gasteiger partial charge is 0.185 e. The SMILES string of the molecule is O=C(/C=C\C(=C/N1CCCCC1)c1ccccc1)c1ccc(Cl)cc1. The van der Waals surface area contributed by atoms with Crippen molar-refractivity contribution in [1.29, 1.82) is 0 Å². The molecule has 0 atom stereocenters. The van der Waals surface area contributed by atoms with Crippen LogP contribution in [-0.4, -0.2) is 23.8 Å². The lowest BCUT2D eigenvalue weighted by atomic mass is 10.0. The van der Waals surface area contributed by atoms with Crippen LogP contribution in [-0.2, 0) is 0 Å². The molecule has 0 saturated carbocycles. The Morgan fingerprint density at radius 3 is 2.20 bits per heavy atom. The van der Waals surface area contributed by atoms with E-state index in [0.29, 0.717) is 10.6 Å². The first-order valence-electron chi connectivity index (χ1n) is 8.72. The van der Waals surface area contributed by atoms with E-state index in [0.717, 1.165) is 24.2 Å². The maximum Gasteiger partial charge on any atom is 0.185 e. The Morgan fingerprint density at radius 2 is 1.52 bits per heavy atom. The highest BCUT2D eigenvalue weighted by Crippen LogP contribution is 2.20. The predicted molar refractivity (Wildman–Crippen MR) is 105 cm³/mol. The molecule has 0 bridgehead atoms. The van der Waals surface area contributed by atoms with Gasteiger partial charge in [-0.1, -0.05) is 41.9 Å². The minimum atomic E-state index is -0.0165. The third-order valence-corrected chi connectivity index (χ3v) is 4.61. The van der Waals surface area contributed by atoms with Crippen molar-refractivity contribution in [3.05, 3.63) is 89.1 Å². The molecule has 1 heterocycles. The second kappa shape index (κ2) is 8.68. The van der Waals surface area contributed by atoms with Gasteiger partial charge < -0.3 is 4.90 Å². The first kappa shape index (κ1) is 17.5. The van der Waals surface area contributed by atoms with Gasteiger partial charge in [0.15, 0.2) is 5.78 Å². The molecule has 2 nitrogen and oxygen atoms in total. The Morgan fingerprint density at radius 1 is 0.840 bits per heavy atom. The summed E-state index contributed by atoms with van der Waals surface area (Å²) in [6, 6.07) is 17.2. The Kier molecular flexibility index (Phi) is 6.08. The number of hydrogen-bond acceptors (Lipinski definition) is 2. The van der Waals surface area contributed by atoms with Gasteiger partial charge in [0.2, 0.25) is 0 Å². The molecule has 2 aromatic carbocycles. The number of carbonyl (C=O) groups is 1. The van der Waals surface area contributed by atoms with E-state index < -0.39 is 0 Å². The molecule has 2 aromatic rings. The van der Waals surface area contributed by atoms with Crippen LogP contribution >= 0.6 is 11.6 Å². The van der Waals surface area contributed by atoms with Crippen LogP contribution in [0.25, 0.3) is 5.57 Å². The fraction of sp³-hybridized carbons (Fsp3) is 0.227. The quantitative estimate of drug-likeness (QED) is 0.396. The van der Waals surface area contributed by atoms with E-state index in [1.165, 1.54) is 19.3 Å². The van der Waals surface area contributed by atoms with Crippen molar-refractivity contribution in [2.24, 2.45) is 0 Å². The first-order chi connectivity index (χ1) is 12.2. The highest BCUT2D eigenvalue weighted by molar-refractivity contribution is 6.30. The molecule has 0 radical (unpaired) electrons. The maximum absolute atomic E-state index is 12.4. The van der Waals surface area contributed by atoms with Gasteiger partial charge >= 0.3 is 0 Å². The number of halogens is 1. The Bertz CT molecular complexity index is 756. The van der Waals surface area contributed by atoms with Crippen LogP contribution in [0.4, 0.5) is 0 Å². The summed E-state index contributed by atoms with van der Waals surface area (Å²) in [5.74, 6) is -0.0165. The van der Waals surface area contributed by atoms with Crippen molar-refractivity contribution in [1.82, 2.24) is 4.90 Å². The summed E-state index contributed by atoms with van der Waals surface area (Å²) in [6.45, 7) is 2.16. The zero-order valence-corrected chi connectivity index (χ0v) is 15.0. The standard InChI is InChI=1S/C22H22ClNO/c23-21-12-9-19(10-13-21)22(25)14-11-20(18-7-3-1-4-8-18)17-24-15-5-2-6-16-24/h1,3-4,7-14,17H,2,5-6,15-16H2/b14-11-,20-17+. The van der Waals surface area contributed by atoms with Gasteiger partial charge in [-0.15, -0.1) is 0 Å². The van der Waals surface area contributed by atoms with Gasteiger partial charge in [-0.05, 0) is 66.8 Å². The van der Waals surface area contributed by atoms with E-state index in [1.807, 2.05) is 24.3 Å². The van der Waals surface area contributed by atoms with Crippen molar-refractivity contribution in [3.63, 3.8) is 0 Å².